The zero-order chi connectivity index (χ0) is 12.8. The minimum absolute atomic E-state index is 0.259. The molecule has 1 rings (SSSR count). The van der Waals surface area contributed by atoms with Gasteiger partial charge < -0.3 is 15.4 Å². The van der Waals surface area contributed by atoms with Crippen LogP contribution in [0.5, 0.6) is 5.75 Å². The van der Waals surface area contributed by atoms with E-state index >= 15 is 0 Å². The molecule has 0 aliphatic carbocycles. The van der Waals surface area contributed by atoms with Gasteiger partial charge in [0.15, 0.2) is 0 Å². The van der Waals surface area contributed by atoms with Crippen LogP contribution in [0.15, 0.2) is 24.3 Å². The Morgan fingerprint density at radius 2 is 1.88 bits per heavy atom. The number of likely N-dealkylation sites (N-methyl/N-ethyl adjacent to an activating group) is 1. The van der Waals surface area contributed by atoms with E-state index in [-0.39, 0.29) is 6.04 Å². The van der Waals surface area contributed by atoms with Gasteiger partial charge in [0.05, 0.1) is 6.04 Å². The molecule has 17 heavy (non-hydrogen) atoms. The van der Waals surface area contributed by atoms with Crippen LogP contribution in [0.2, 0.25) is 0 Å². The van der Waals surface area contributed by atoms with E-state index in [2.05, 4.69) is 30.9 Å². The smallest absolute Gasteiger partial charge is 0.122 e. The van der Waals surface area contributed by atoms with E-state index in [1.54, 1.807) is 0 Å². The van der Waals surface area contributed by atoms with Crippen molar-refractivity contribution in [1.29, 1.82) is 0 Å². The van der Waals surface area contributed by atoms with E-state index in [0.29, 0.717) is 19.1 Å². The zero-order valence-electron chi connectivity index (χ0n) is 11.3. The number of para-hydroxylation sites is 1. The van der Waals surface area contributed by atoms with E-state index in [1.165, 1.54) is 5.56 Å². The zero-order valence-corrected chi connectivity index (χ0v) is 11.3. The van der Waals surface area contributed by atoms with Crippen LogP contribution in [0.1, 0.15) is 25.3 Å². The quantitative estimate of drug-likeness (QED) is 0.822. The molecule has 1 aromatic carbocycles. The first-order chi connectivity index (χ1) is 8.06. The van der Waals surface area contributed by atoms with Crippen molar-refractivity contribution in [2.75, 3.05) is 27.2 Å². The topological polar surface area (TPSA) is 38.5 Å². The minimum Gasteiger partial charge on any atom is -0.492 e. The Morgan fingerprint density at radius 3 is 2.41 bits per heavy atom. The lowest BCUT2D eigenvalue weighted by Crippen LogP contribution is -2.39. The molecular weight excluding hydrogens is 212 g/mol. The number of ether oxygens (including phenoxy) is 1. The van der Waals surface area contributed by atoms with Crippen molar-refractivity contribution in [3.8, 4) is 5.75 Å². The molecule has 0 aliphatic rings. The van der Waals surface area contributed by atoms with Crippen LogP contribution in [0.3, 0.4) is 0 Å². The summed E-state index contributed by atoms with van der Waals surface area (Å²) in [6.07, 6.45) is 0. The molecule has 0 saturated heterocycles. The van der Waals surface area contributed by atoms with E-state index in [0.717, 1.165) is 5.75 Å². The fraction of sp³-hybridized carbons (Fsp3) is 0.571. The average molecular weight is 236 g/mol. The first-order valence-electron chi connectivity index (χ1n) is 6.14. The maximum absolute atomic E-state index is 5.89. The van der Waals surface area contributed by atoms with Gasteiger partial charge in [-0.25, -0.2) is 0 Å². The average Bonchev–Trinajstić information content (AvgIpc) is 2.29. The molecule has 0 heterocycles. The first-order valence-corrected chi connectivity index (χ1v) is 6.14. The van der Waals surface area contributed by atoms with Crippen molar-refractivity contribution < 1.29 is 4.74 Å². The lowest BCUT2D eigenvalue weighted by molar-refractivity contribution is 0.189. The Hall–Kier alpha value is -1.06. The van der Waals surface area contributed by atoms with Gasteiger partial charge in [0, 0.05) is 6.54 Å². The van der Waals surface area contributed by atoms with Crippen LogP contribution in [-0.4, -0.2) is 38.2 Å². The predicted molar refractivity (Wildman–Crippen MR) is 72.6 cm³/mol. The highest BCUT2D eigenvalue weighted by Crippen LogP contribution is 2.25. The molecule has 96 valence electrons. The van der Waals surface area contributed by atoms with Crippen LogP contribution in [-0.2, 0) is 0 Å². The fourth-order valence-corrected chi connectivity index (χ4v) is 1.70. The van der Waals surface area contributed by atoms with Gasteiger partial charge in [-0.1, -0.05) is 32.0 Å². The molecular formula is C14H24N2O. The molecule has 3 nitrogen and oxygen atoms in total. The summed E-state index contributed by atoms with van der Waals surface area (Å²) in [5.41, 5.74) is 6.97. The lowest BCUT2D eigenvalue weighted by atomic mass is 10.0. The van der Waals surface area contributed by atoms with E-state index in [1.807, 2.05) is 26.2 Å². The predicted octanol–water partition coefficient (Wildman–Crippen LogP) is 2.08. The van der Waals surface area contributed by atoms with Gasteiger partial charge in [-0.2, -0.15) is 0 Å². The van der Waals surface area contributed by atoms with Crippen LogP contribution in [0.4, 0.5) is 0 Å². The number of nitrogens with zero attached hydrogens (tertiary/aromatic N) is 1. The van der Waals surface area contributed by atoms with Gasteiger partial charge in [0.25, 0.3) is 0 Å². The van der Waals surface area contributed by atoms with E-state index < -0.39 is 0 Å². The Balaban J connectivity index is 2.68. The Bertz CT molecular complexity index is 337. The Labute approximate surface area is 105 Å². The number of hydrogen-bond donors (Lipinski definition) is 1. The summed E-state index contributed by atoms with van der Waals surface area (Å²) in [6.45, 7) is 5.59. The van der Waals surface area contributed by atoms with Crippen LogP contribution < -0.4 is 10.5 Å². The molecule has 1 aromatic rings. The van der Waals surface area contributed by atoms with Gasteiger partial charge in [0.2, 0.25) is 0 Å². The van der Waals surface area contributed by atoms with Crippen LogP contribution in [0, 0.1) is 0 Å². The molecule has 0 spiro atoms. The highest BCUT2D eigenvalue weighted by molar-refractivity contribution is 5.35. The van der Waals surface area contributed by atoms with Crippen LogP contribution >= 0.6 is 0 Å². The third kappa shape index (κ3) is 4.02. The van der Waals surface area contributed by atoms with Gasteiger partial charge in [-0.3, -0.25) is 0 Å². The third-order valence-corrected chi connectivity index (χ3v) is 2.97. The summed E-state index contributed by atoms with van der Waals surface area (Å²) < 4.78 is 5.89. The maximum Gasteiger partial charge on any atom is 0.122 e. The molecule has 3 heteroatoms. The van der Waals surface area contributed by atoms with Gasteiger partial charge in [-0.15, -0.1) is 0 Å². The third-order valence-electron chi connectivity index (χ3n) is 2.97. The molecule has 0 amide bonds. The van der Waals surface area contributed by atoms with Crippen molar-refractivity contribution in [3.63, 3.8) is 0 Å². The molecule has 0 saturated carbocycles. The second-order valence-corrected chi connectivity index (χ2v) is 4.86. The normalized spacial score (nSPS) is 13.1. The second-order valence-electron chi connectivity index (χ2n) is 4.86. The number of nitrogens with two attached hydrogens (primary N) is 1. The maximum atomic E-state index is 5.89. The Morgan fingerprint density at radius 1 is 1.24 bits per heavy atom. The van der Waals surface area contributed by atoms with Crippen molar-refractivity contribution in [3.05, 3.63) is 29.8 Å². The summed E-state index contributed by atoms with van der Waals surface area (Å²) in [5, 5.41) is 0. The summed E-state index contributed by atoms with van der Waals surface area (Å²) in [7, 11) is 4.05. The number of rotatable bonds is 6. The summed E-state index contributed by atoms with van der Waals surface area (Å²) in [4.78, 5) is 2.10. The summed E-state index contributed by atoms with van der Waals surface area (Å²) in [6, 6.07) is 8.46. The van der Waals surface area contributed by atoms with Crippen molar-refractivity contribution in [2.45, 2.75) is 25.8 Å². The first kappa shape index (κ1) is 14.0. The largest absolute Gasteiger partial charge is 0.492 e. The van der Waals surface area contributed by atoms with E-state index in [9.17, 15) is 0 Å². The summed E-state index contributed by atoms with van der Waals surface area (Å²) >= 11 is 0. The highest BCUT2D eigenvalue weighted by atomic mass is 16.5. The molecule has 0 radical (unpaired) electrons. The molecule has 0 fully saturated rings. The second kappa shape index (κ2) is 6.62. The molecule has 0 aliphatic heterocycles. The molecule has 0 aromatic heterocycles. The molecule has 1 atom stereocenters. The summed E-state index contributed by atoms with van der Waals surface area (Å²) in [5.74, 6) is 1.45. The molecule has 0 bridgehead atoms. The van der Waals surface area contributed by atoms with Crippen molar-refractivity contribution in [1.82, 2.24) is 4.90 Å². The van der Waals surface area contributed by atoms with Gasteiger partial charge in [0.1, 0.15) is 12.4 Å². The SMILES string of the molecule is CC(C)c1ccccc1OCC(CN)N(C)C. The lowest BCUT2D eigenvalue weighted by Gasteiger charge is -2.23. The van der Waals surface area contributed by atoms with Gasteiger partial charge >= 0.3 is 0 Å². The monoisotopic (exact) mass is 236 g/mol. The minimum atomic E-state index is 0.259. The van der Waals surface area contributed by atoms with Crippen molar-refractivity contribution in [2.24, 2.45) is 5.73 Å². The number of hydrogen-bond acceptors (Lipinski definition) is 3. The standard InChI is InChI=1S/C14H24N2O/c1-11(2)13-7-5-6-8-14(13)17-10-12(9-15)16(3)4/h5-8,11-12H,9-10,15H2,1-4H3. The highest BCUT2D eigenvalue weighted by Gasteiger charge is 2.12. The van der Waals surface area contributed by atoms with E-state index in [4.69, 9.17) is 10.5 Å². The van der Waals surface area contributed by atoms with Gasteiger partial charge in [-0.05, 0) is 31.6 Å². The number of benzene rings is 1. The Kier molecular flexibility index (Phi) is 5.45. The molecule has 2 N–H and O–H groups in total. The fourth-order valence-electron chi connectivity index (χ4n) is 1.70. The van der Waals surface area contributed by atoms with Crippen LogP contribution in [0.25, 0.3) is 0 Å². The molecule has 1 unspecified atom stereocenters. The van der Waals surface area contributed by atoms with Crippen molar-refractivity contribution >= 4 is 0 Å².